The summed E-state index contributed by atoms with van der Waals surface area (Å²) in [6.07, 6.45) is -1.35. The number of methoxy groups -OCH3 is 1. The SMILES string of the molecule is COc1ccccc1C1OC(=O)CC(=O)O1. The molecular weight excluding hydrogens is 212 g/mol. The number of carbonyl (C=O) groups is 2. The highest BCUT2D eigenvalue weighted by atomic mass is 16.7. The van der Waals surface area contributed by atoms with Gasteiger partial charge in [-0.25, -0.2) is 0 Å². The maximum absolute atomic E-state index is 11.1. The van der Waals surface area contributed by atoms with Crippen LogP contribution in [0, 0.1) is 0 Å². The Hall–Kier alpha value is -2.04. The molecule has 1 aromatic rings. The summed E-state index contributed by atoms with van der Waals surface area (Å²) in [4.78, 5) is 22.2. The van der Waals surface area contributed by atoms with Gasteiger partial charge in [0.15, 0.2) is 0 Å². The number of para-hydroxylation sites is 1. The van der Waals surface area contributed by atoms with E-state index in [1.165, 1.54) is 7.11 Å². The van der Waals surface area contributed by atoms with Crippen LogP contribution in [0.2, 0.25) is 0 Å². The standard InChI is InChI=1S/C11H10O5/c1-14-8-5-3-2-4-7(8)11-15-9(12)6-10(13)16-11/h2-5,11H,6H2,1H3. The average molecular weight is 222 g/mol. The summed E-state index contributed by atoms with van der Waals surface area (Å²) in [5, 5.41) is 0. The molecule has 5 heteroatoms. The van der Waals surface area contributed by atoms with Crippen LogP contribution in [-0.4, -0.2) is 19.0 Å². The Morgan fingerprint density at radius 1 is 1.19 bits per heavy atom. The molecule has 0 atom stereocenters. The maximum atomic E-state index is 11.1. The van der Waals surface area contributed by atoms with E-state index in [1.54, 1.807) is 24.3 Å². The van der Waals surface area contributed by atoms with Crippen LogP contribution in [0.3, 0.4) is 0 Å². The van der Waals surface area contributed by atoms with Gasteiger partial charge in [-0.05, 0) is 12.1 Å². The van der Waals surface area contributed by atoms with Crippen molar-refractivity contribution in [2.24, 2.45) is 0 Å². The van der Waals surface area contributed by atoms with E-state index in [4.69, 9.17) is 14.2 Å². The lowest BCUT2D eigenvalue weighted by atomic mass is 10.2. The molecule has 1 aliphatic rings. The third-order valence-electron chi connectivity index (χ3n) is 2.16. The normalized spacial score (nSPS) is 16.6. The van der Waals surface area contributed by atoms with Gasteiger partial charge in [0.2, 0.25) is 0 Å². The van der Waals surface area contributed by atoms with Crippen LogP contribution in [0.4, 0.5) is 0 Å². The number of carbonyl (C=O) groups excluding carboxylic acids is 2. The molecule has 0 amide bonds. The number of hydrogen-bond donors (Lipinski definition) is 0. The van der Waals surface area contributed by atoms with Crippen molar-refractivity contribution in [3.05, 3.63) is 29.8 Å². The number of cyclic esters (lactones) is 2. The van der Waals surface area contributed by atoms with Gasteiger partial charge in [0.25, 0.3) is 6.29 Å². The zero-order valence-corrected chi connectivity index (χ0v) is 8.64. The second-order valence-electron chi connectivity index (χ2n) is 3.23. The van der Waals surface area contributed by atoms with Gasteiger partial charge in [0, 0.05) is 0 Å². The Morgan fingerprint density at radius 3 is 2.44 bits per heavy atom. The molecule has 1 aliphatic heterocycles. The molecule has 16 heavy (non-hydrogen) atoms. The Morgan fingerprint density at radius 2 is 1.81 bits per heavy atom. The van der Waals surface area contributed by atoms with Crippen LogP contribution in [0.1, 0.15) is 18.3 Å². The molecule has 0 N–H and O–H groups in total. The zero-order valence-electron chi connectivity index (χ0n) is 8.64. The van der Waals surface area contributed by atoms with Crippen LogP contribution in [0.25, 0.3) is 0 Å². The van der Waals surface area contributed by atoms with Crippen molar-refractivity contribution in [1.29, 1.82) is 0 Å². The number of rotatable bonds is 2. The summed E-state index contributed by atoms with van der Waals surface area (Å²) in [5.41, 5.74) is 0.520. The van der Waals surface area contributed by atoms with Gasteiger partial charge in [-0.1, -0.05) is 12.1 Å². The number of ether oxygens (including phenoxy) is 3. The lowest BCUT2D eigenvalue weighted by molar-refractivity contribution is -0.205. The summed E-state index contributed by atoms with van der Waals surface area (Å²) in [5.74, 6) is -0.672. The quantitative estimate of drug-likeness (QED) is 0.555. The molecule has 0 spiro atoms. The van der Waals surface area contributed by atoms with Crippen molar-refractivity contribution in [3.8, 4) is 5.75 Å². The highest BCUT2D eigenvalue weighted by Gasteiger charge is 2.30. The van der Waals surface area contributed by atoms with Gasteiger partial charge in [-0.2, -0.15) is 0 Å². The van der Waals surface area contributed by atoms with Gasteiger partial charge in [0.1, 0.15) is 12.2 Å². The molecule has 0 bridgehead atoms. The molecule has 5 nitrogen and oxygen atoms in total. The molecule has 0 aromatic heterocycles. The average Bonchev–Trinajstić information content (AvgIpc) is 2.27. The fraction of sp³-hybridized carbons (Fsp3) is 0.273. The van der Waals surface area contributed by atoms with E-state index in [0.717, 1.165) is 0 Å². The summed E-state index contributed by atoms with van der Waals surface area (Å²) in [6, 6.07) is 6.89. The number of hydrogen-bond acceptors (Lipinski definition) is 5. The van der Waals surface area contributed by atoms with Gasteiger partial charge < -0.3 is 14.2 Å². The number of esters is 2. The van der Waals surface area contributed by atoms with Crippen LogP contribution in [-0.2, 0) is 19.1 Å². The lowest BCUT2D eigenvalue weighted by Crippen LogP contribution is -2.27. The zero-order chi connectivity index (χ0) is 11.5. The van der Waals surface area contributed by atoms with Crippen molar-refractivity contribution in [3.63, 3.8) is 0 Å². The van der Waals surface area contributed by atoms with E-state index >= 15 is 0 Å². The van der Waals surface area contributed by atoms with E-state index in [9.17, 15) is 9.59 Å². The van der Waals surface area contributed by atoms with Gasteiger partial charge in [0.05, 0.1) is 12.7 Å². The molecule has 0 saturated carbocycles. The minimum atomic E-state index is -1.01. The van der Waals surface area contributed by atoms with E-state index < -0.39 is 18.2 Å². The third kappa shape index (κ3) is 1.98. The second-order valence-corrected chi connectivity index (χ2v) is 3.23. The molecule has 0 radical (unpaired) electrons. The van der Waals surface area contributed by atoms with Crippen molar-refractivity contribution in [1.82, 2.24) is 0 Å². The van der Waals surface area contributed by atoms with Crippen LogP contribution < -0.4 is 4.74 Å². The summed E-state index contributed by atoms with van der Waals surface area (Å²) in [7, 11) is 1.49. The maximum Gasteiger partial charge on any atom is 0.320 e. The largest absolute Gasteiger partial charge is 0.496 e. The van der Waals surface area contributed by atoms with E-state index in [0.29, 0.717) is 11.3 Å². The fourth-order valence-corrected chi connectivity index (χ4v) is 1.45. The second kappa shape index (κ2) is 4.22. The van der Waals surface area contributed by atoms with Gasteiger partial charge in [-0.3, -0.25) is 9.59 Å². The Labute approximate surface area is 91.9 Å². The van der Waals surface area contributed by atoms with Crippen molar-refractivity contribution >= 4 is 11.9 Å². The number of benzene rings is 1. The fourth-order valence-electron chi connectivity index (χ4n) is 1.45. The minimum absolute atomic E-state index is 0.342. The van der Waals surface area contributed by atoms with Crippen LogP contribution in [0.15, 0.2) is 24.3 Å². The monoisotopic (exact) mass is 222 g/mol. The molecule has 84 valence electrons. The predicted octanol–water partition coefficient (Wildman–Crippen LogP) is 1.18. The Kier molecular flexibility index (Phi) is 2.76. The van der Waals surface area contributed by atoms with Crippen molar-refractivity contribution in [2.75, 3.05) is 7.11 Å². The predicted molar refractivity (Wildman–Crippen MR) is 52.5 cm³/mol. The molecule has 1 saturated heterocycles. The van der Waals surface area contributed by atoms with Crippen molar-refractivity contribution < 1.29 is 23.8 Å². The topological polar surface area (TPSA) is 61.8 Å². The first kappa shape index (κ1) is 10.5. The molecule has 2 rings (SSSR count). The Bertz CT molecular complexity index is 410. The summed E-state index contributed by atoms with van der Waals surface area (Å²) < 4.78 is 14.9. The Balaban J connectivity index is 2.29. The van der Waals surface area contributed by atoms with Gasteiger partial charge in [-0.15, -0.1) is 0 Å². The summed E-state index contributed by atoms with van der Waals surface area (Å²) in [6.45, 7) is 0. The van der Waals surface area contributed by atoms with Gasteiger partial charge >= 0.3 is 11.9 Å². The molecule has 1 fully saturated rings. The smallest absolute Gasteiger partial charge is 0.320 e. The third-order valence-corrected chi connectivity index (χ3v) is 2.16. The highest BCUT2D eigenvalue weighted by Crippen LogP contribution is 2.30. The molecular formula is C11H10O5. The summed E-state index contributed by atoms with van der Waals surface area (Å²) >= 11 is 0. The van der Waals surface area contributed by atoms with Crippen LogP contribution >= 0.6 is 0 Å². The molecule has 0 unspecified atom stereocenters. The molecule has 0 aliphatic carbocycles. The first-order valence-electron chi connectivity index (χ1n) is 4.72. The minimum Gasteiger partial charge on any atom is -0.496 e. The van der Waals surface area contributed by atoms with E-state index in [1.807, 2.05) is 0 Å². The first-order chi connectivity index (χ1) is 7.70. The lowest BCUT2D eigenvalue weighted by Gasteiger charge is -2.23. The van der Waals surface area contributed by atoms with Crippen LogP contribution in [0.5, 0.6) is 5.75 Å². The van der Waals surface area contributed by atoms with Crippen molar-refractivity contribution in [2.45, 2.75) is 12.7 Å². The van der Waals surface area contributed by atoms with E-state index in [2.05, 4.69) is 0 Å². The molecule has 1 heterocycles. The highest BCUT2D eigenvalue weighted by molar-refractivity contribution is 5.92. The molecule has 1 aromatic carbocycles. The van der Waals surface area contributed by atoms with E-state index in [-0.39, 0.29) is 6.42 Å². The first-order valence-corrected chi connectivity index (χ1v) is 4.72.